The standard InChI is InChI=1S/C10H21NO4S/c1-9(16(2,14)15)10(13)11-7-5-3-4-6-8-12/h9,12H,3-8H2,1-2H3,(H,11,13). The fourth-order valence-corrected chi connectivity index (χ4v) is 1.61. The summed E-state index contributed by atoms with van der Waals surface area (Å²) in [6, 6.07) is 0. The van der Waals surface area contributed by atoms with Crippen molar-refractivity contribution in [3.8, 4) is 0 Å². The summed E-state index contributed by atoms with van der Waals surface area (Å²) in [5, 5.41) is 10.1. The number of amides is 1. The Bertz CT molecular complexity index is 300. The molecule has 0 spiro atoms. The lowest BCUT2D eigenvalue weighted by molar-refractivity contribution is -0.120. The normalized spacial score (nSPS) is 13.4. The van der Waals surface area contributed by atoms with E-state index < -0.39 is 21.0 Å². The van der Waals surface area contributed by atoms with Crippen molar-refractivity contribution in [1.29, 1.82) is 0 Å². The quantitative estimate of drug-likeness (QED) is 0.599. The van der Waals surface area contributed by atoms with Gasteiger partial charge in [-0.25, -0.2) is 8.42 Å². The van der Waals surface area contributed by atoms with Gasteiger partial charge in [0.1, 0.15) is 5.25 Å². The molecule has 96 valence electrons. The molecule has 6 heteroatoms. The van der Waals surface area contributed by atoms with Crippen LogP contribution in [0.3, 0.4) is 0 Å². The molecule has 1 atom stereocenters. The van der Waals surface area contributed by atoms with Gasteiger partial charge in [-0.2, -0.15) is 0 Å². The molecule has 2 N–H and O–H groups in total. The Morgan fingerprint density at radius 3 is 2.31 bits per heavy atom. The predicted molar refractivity (Wildman–Crippen MR) is 62.9 cm³/mol. The summed E-state index contributed by atoms with van der Waals surface area (Å²) in [6.45, 7) is 2.07. The van der Waals surface area contributed by atoms with Crippen LogP contribution in [0.25, 0.3) is 0 Å². The average molecular weight is 251 g/mol. The molecular formula is C10H21NO4S. The molecule has 0 aliphatic carbocycles. The predicted octanol–water partition coefficient (Wildman–Crippen LogP) is 0.0884. The number of sulfone groups is 1. The lowest BCUT2D eigenvalue weighted by atomic mass is 10.2. The van der Waals surface area contributed by atoms with Gasteiger partial charge in [0.15, 0.2) is 9.84 Å². The maximum Gasteiger partial charge on any atom is 0.238 e. The molecule has 0 rings (SSSR count). The van der Waals surface area contributed by atoms with Crippen molar-refractivity contribution >= 4 is 15.7 Å². The summed E-state index contributed by atoms with van der Waals surface area (Å²) in [4.78, 5) is 11.3. The monoisotopic (exact) mass is 251 g/mol. The molecule has 0 saturated carbocycles. The number of nitrogens with one attached hydrogen (secondary N) is 1. The number of carbonyl (C=O) groups is 1. The van der Waals surface area contributed by atoms with Gasteiger partial charge >= 0.3 is 0 Å². The summed E-state index contributed by atoms with van der Waals surface area (Å²) in [6.07, 6.45) is 4.48. The SMILES string of the molecule is CC(C(=O)NCCCCCCO)S(C)(=O)=O. The summed E-state index contributed by atoms with van der Waals surface area (Å²) >= 11 is 0. The van der Waals surface area contributed by atoms with Crippen molar-refractivity contribution in [2.75, 3.05) is 19.4 Å². The number of rotatable bonds is 8. The Hall–Kier alpha value is -0.620. The van der Waals surface area contributed by atoms with Crippen molar-refractivity contribution in [2.45, 2.75) is 37.9 Å². The molecule has 0 aromatic rings. The molecule has 16 heavy (non-hydrogen) atoms. The highest BCUT2D eigenvalue weighted by Gasteiger charge is 2.22. The number of unbranched alkanes of at least 4 members (excludes halogenated alkanes) is 3. The van der Waals surface area contributed by atoms with Crippen molar-refractivity contribution in [3.05, 3.63) is 0 Å². The fourth-order valence-electron chi connectivity index (χ4n) is 1.14. The van der Waals surface area contributed by atoms with E-state index >= 15 is 0 Å². The molecule has 0 saturated heterocycles. The van der Waals surface area contributed by atoms with Gasteiger partial charge < -0.3 is 10.4 Å². The molecule has 1 amide bonds. The van der Waals surface area contributed by atoms with Crippen molar-refractivity contribution in [1.82, 2.24) is 5.32 Å². The lowest BCUT2D eigenvalue weighted by Gasteiger charge is -2.10. The average Bonchev–Trinajstić information content (AvgIpc) is 2.20. The third-order valence-electron chi connectivity index (χ3n) is 2.40. The summed E-state index contributed by atoms with van der Waals surface area (Å²) in [5.41, 5.74) is 0. The summed E-state index contributed by atoms with van der Waals surface area (Å²) in [7, 11) is -3.30. The maximum atomic E-state index is 11.3. The number of carbonyl (C=O) groups excluding carboxylic acids is 1. The van der Waals surface area contributed by atoms with Gasteiger partial charge in [-0.15, -0.1) is 0 Å². The van der Waals surface area contributed by atoms with Gasteiger partial charge in [-0.3, -0.25) is 4.79 Å². The molecule has 0 aliphatic heterocycles. The lowest BCUT2D eigenvalue weighted by Crippen LogP contribution is -2.37. The molecule has 0 heterocycles. The van der Waals surface area contributed by atoms with Crippen LogP contribution >= 0.6 is 0 Å². The first-order valence-corrected chi connectivity index (χ1v) is 7.42. The second-order valence-corrected chi connectivity index (χ2v) is 6.27. The zero-order valence-electron chi connectivity index (χ0n) is 9.90. The van der Waals surface area contributed by atoms with Crippen LogP contribution in [0.2, 0.25) is 0 Å². The first kappa shape index (κ1) is 15.4. The van der Waals surface area contributed by atoms with Gasteiger partial charge in [0, 0.05) is 19.4 Å². The first-order chi connectivity index (χ1) is 7.39. The molecule has 0 bridgehead atoms. The van der Waals surface area contributed by atoms with Gasteiger partial charge in [0.05, 0.1) is 0 Å². The third kappa shape index (κ3) is 6.79. The smallest absolute Gasteiger partial charge is 0.238 e. The van der Waals surface area contributed by atoms with E-state index in [0.717, 1.165) is 31.9 Å². The Balaban J connectivity index is 3.67. The minimum absolute atomic E-state index is 0.192. The van der Waals surface area contributed by atoms with E-state index in [9.17, 15) is 13.2 Å². The second kappa shape index (κ2) is 7.62. The highest BCUT2D eigenvalue weighted by molar-refractivity contribution is 7.92. The van der Waals surface area contributed by atoms with E-state index in [-0.39, 0.29) is 6.61 Å². The third-order valence-corrected chi connectivity index (χ3v) is 3.89. The van der Waals surface area contributed by atoms with Crippen molar-refractivity contribution < 1.29 is 18.3 Å². The van der Waals surface area contributed by atoms with Crippen LogP contribution in [0, 0.1) is 0 Å². The molecule has 1 unspecified atom stereocenters. The molecule has 0 fully saturated rings. The van der Waals surface area contributed by atoms with Crippen LogP contribution in [-0.2, 0) is 14.6 Å². The second-order valence-electron chi connectivity index (χ2n) is 3.90. The van der Waals surface area contributed by atoms with Crippen LogP contribution in [0.1, 0.15) is 32.6 Å². The minimum Gasteiger partial charge on any atom is -0.396 e. The Kier molecular flexibility index (Phi) is 7.33. The molecule has 0 radical (unpaired) electrons. The summed E-state index contributed by atoms with van der Waals surface area (Å²) in [5.74, 6) is -0.440. The van der Waals surface area contributed by atoms with Gasteiger partial charge in [0.2, 0.25) is 5.91 Å². The van der Waals surface area contributed by atoms with Crippen LogP contribution in [0.15, 0.2) is 0 Å². The van der Waals surface area contributed by atoms with E-state index in [1.165, 1.54) is 6.92 Å². The number of aliphatic hydroxyl groups is 1. The molecule has 0 aromatic heterocycles. The van der Waals surface area contributed by atoms with Crippen LogP contribution in [0.5, 0.6) is 0 Å². The highest BCUT2D eigenvalue weighted by Crippen LogP contribution is 2.00. The van der Waals surface area contributed by atoms with Gasteiger partial charge in [-0.05, 0) is 19.8 Å². The zero-order valence-corrected chi connectivity index (χ0v) is 10.7. The Morgan fingerprint density at radius 1 is 1.25 bits per heavy atom. The molecule has 0 aliphatic rings. The molecular weight excluding hydrogens is 230 g/mol. The Labute approximate surface area is 97.2 Å². The van der Waals surface area contributed by atoms with Crippen molar-refractivity contribution in [3.63, 3.8) is 0 Å². The van der Waals surface area contributed by atoms with Crippen molar-refractivity contribution in [2.24, 2.45) is 0 Å². The van der Waals surface area contributed by atoms with Crippen LogP contribution < -0.4 is 5.32 Å². The van der Waals surface area contributed by atoms with Gasteiger partial charge in [-0.1, -0.05) is 12.8 Å². The number of hydrogen-bond donors (Lipinski definition) is 2. The highest BCUT2D eigenvalue weighted by atomic mass is 32.2. The van der Waals surface area contributed by atoms with E-state index in [1.54, 1.807) is 0 Å². The van der Waals surface area contributed by atoms with E-state index in [1.807, 2.05) is 0 Å². The van der Waals surface area contributed by atoms with Gasteiger partial charge in [0.25, 0.3) is 0 Å². The maximum absolute atomic E-state index is 11.3. The molecule has 5 nitrogen and oxygen atoms in total. The van der Waals surface area contributed by atoms with E-state index in [4.69, 9.17) is 5.11 Å². The number of aliphatic hydroxyl groups excluding tert-OH is 1. The number of hydrogen-bond acceptors (Lipinski definition) is 4. The first-order valence-electron chi connectivity index (χ1n) is 5.47. The largest absolute Gasteiger partial charge is 0.396 e. The van der Waals surface area contributed by atoms with E-state index in [2.05, 4.69) is 5.32 Å². The van der Waals surface area contributed by atoms with E-state index in [0.29, 0.717) is 6.54 Å². The zero-order chi connectivity index (χ0) is 12.6. The summed E-state index contributed by atoms with van der Waals surface area (Å²) < 4.78 is 22.1. The van der Waals surface area contributed by atoms with Crippen LogP contribution in [-0.4, -0.2) is 44.1 Å². The minimum atomic E-state index is -3.30. The Morgan fingerprint density at radius 2 is 1.81 bits per heavy atom. The fraction of sp³-hybridized carbons (Fsp3) is 0.900. The van der Waals surface area contributed by atoms with Crippen LogP contribution in [0.4, 0.5) is 0 Å². The topological polar surface area (TPSA) is 83.5 Å². The molecule has 0 aromatic carbocycles.